The van der Waals surface area contributed by atoms with E-state index in [0.29, 0.717) is 18.0 Å². The summed E-state index contributed by atoms with van der Waals surface area (Å²) < 4.78 is 12.8. The van der Waals surface area contributed by atoms with Gasteiger partial charge in [0.1, 0.15) is 5.82 Å². The Hall–Kier alpha value is -0.890. The zero-order valence-corrected chi connectivity index (χ0v) is 11.5. The van der Waals surface area contributed by atoms with E-state index < -0.39 is 0 Å². The second-order valence-electron chi connectivity index (χ2n) is 5.48. The molecule has 0 saturated heterocycles. The lowest BCUT2D eigenvalue weighted by atomic mass is 9.75. The van der Waals surface area contributed by atoms with Gasteiger partial charge in [0.05, 0.1) is 0 Å². The Bertz CT molecular complexity index is 354. The van der Waals surface area contributed by atoms with Crippen molar-refractivity contribution in [3.63, 3.8) is 0 Å². The molecule has 1 nitrogen and oxygen atoms in total. The Morgan fingerprint density at radius 1 is 1.22 bits per heavy atom. The number of halogens is 1. The molecule has 2 heteroatoms. The monoisotopic (exact) mass is 249 g/mol. The highest BCUT2D eigenvalue weighted by atomic mass is 19.1. The van der Waals surface area contributed by atoms with Gasteiger partial charge in [0.2, 0.25) is 0 Å². The molecule has 1 atom stereocenters. The Morgan fingerprint density at radius 3 is 2.44 bits per heavy atom. The predicted molar refractivity (Wildman–Crippen MR) is 74.3 cm³/mol. The smallest absolute Gasteiger partial charge is 0.123 e. The number of hydrogen-bond acceptors (Lipinski definition) is 1. The van der Waals surface area contributed by atoms with Crippen LogP contribution < -0.4 is 5.32 Å². The third kappa shape index (κ3) is 3.32. The van der Waals surface area contributed by atoms with Crippen LogP contribution in [0.4, 0.5) is 4.39 Å². The van der Waals surface area contributed by atoms with Crippen molar-refractivity contribution in [3.8, 4) is 0 Å². The van der Waals surface area contributed by atoms with Crippen molar-refractivity contribution in [2.45, 2.75) is 64.0 Å². The van der Waals surface area contributed by atoms with Gasteiger partial charge in [-0.25, -0.2) is 4.39 Å². The van der Waals surface area contributed by atoms with Crippen LogP contribution in [0.25, 0.3) is 0 Å². The average molecular weight is 249 g/mol. The molecule has 0 aliphatic heterocycles. The first kappa shape index (κ1) is 13.5. The lowest BCUT2D eigenvalue weighted by Gasteiger charge is -2.38. The minimum atomic E-state index is -0.137. The van der Waals surface area contributed by atoms with Crippen LogP contribution in [0.1, 0.15) is 57.4 Å². The summed E-state index contributed by atoms with van der Waals surface area (Å²) in [6.45, 7) is 4.50. The van der Waals surface area contributed by atoms with Gasteiger partial charge < -0.3 is 5.32 Å². The summed E-state index contributed by atoms with van der Waals surface area (Å²) >= 11 is 0. The summed E-state index contributed by atoms with van der Waals surface area (Å²) in [5.74, 6) is 0.490. The maximum absolute atomic E-state index is 12.8. The van der Waals surface area contributed by atoms with Gasteiger partial charge in [-0.15, -0.1) is 0 Å². The van der Waals surface area contributed by atoms with Crippen LogP contribution in [-0.4, -0.2) is 12.1 Å². The molecular formula is C16H24FN. The summed E-state index contributed by atoms with van der Waals surface area (Å²) in [5, 5.41) is 3.74. The van der Waals surface area contributed by atoms with E-state index >= 15 is 0 Å². The summed E-state index contributed by atoms with van der Waals surface area (Å²) in [5.41, 5.74) is 1.29. The molecule has 1 aliphatic rings. The van der Waals surface area contributed by atoms with Crippen LogP contribution in [0.2, 0.25) is 0 Å². The van der Waals surface area contributed by atoms with Crippen molar-refractivity contribution in [1.29, 1.82) is 0 Å². The summed E-state index contributed by atoms with van der Waals surface area (Å²) in [6, 6.07) is 8.34. The van der Waals surface area contributed by atoms with E-state index in [-0.39, 0.29) is 5.82 Å². The minimum absolute atomic E-state index is 0.137. The number of benzene rings is 1. The molecule has 1 aromatic carbocycles. The van der Waals surface area contributed by atoms with Crippen LogP contribution in [0.5, 0.6) is 0 Å². The standard InChI is InChI=1S/C16H24FN/c1-3-5-15(4-2)18-16-10-13(11-16)12-6-8-14(17)9-7-12/h6-9,13,15-16,18H,3-5,10-11H2,1-2H3. The highest BCUT2D eigenvalue weighted by molar-refractivity contribution is 5.23. The Balaban J connectivity index is 1.78. The van der Waals surface area contributed by atoms with Crippen molar-refractivity contribution in [2.75, 3.05) is 0 Å². The normalized spacial score (nSPS) is 24.6. The maximum Gasteiger partial charge on any atom is 0.123 e. The van der Waals surface area contributed by atoms with Crippen molar-refractivity contribution in [1.82, 2.24) is 5.32 Å². The van der Waals surface area contributed by atoms with E-state index in [0.717, 1.165) is 0 Å². The molecule has 1 unspecified atom stereocenters. The van der Waals surface area contributed by atoms with Crippen LogP contribution in [-0.2, 0) is 0 Å². The topological polar surface area (TPSA) is 12.0 Å². The molecular weight excluding hydrogens is 225 g/mol. The third-order valence-electron chi connectivity index (χ3n) is 4.08. The second kappa shape index (κ2) is 6.33. The summed E-state index contributed by atoms with van der Waals surface area (Å²) in [6.07, 6.45) is 6.14. The molecule has 0 aromatic heterocycles. The van der Waals surface area contributed by atoms with Crippen LogP contribution in [0.3, 0.4) is 0 Å². The van der Waals surface area contributed by atoms with Gasteiger partial charge in [-0.3, -0.25) is 0 Å². The minimum Gasteiger partial charge on any atom is -0.311 e. The summed E-state index contributed by atoms with van der Waals surface area (Å²) in [4.78, 5) is 0. The van der Waals surface area contributed by atoms with E-state index in [2.05, 4.69) is 19.2 Å². The highest BCUT2D eigenvalue weighted by Crippen LogP contribution is 2.37. The average Bonchev–Trinajstić information content (AvgIpc) is 2.33. The Kier molecular flexibility index (Phi) is 4.76. The molecule has 18 heavy (non-hydrogen) atoms. The summed E-state index contributed by atoms with van der Waals surface area (Å²) in [7, 11) is 0. The molecule has 2 rings (SSSR count). The number of nitrogens with one attached hydrogen (secondary N) is 1. The van der Waals surface area contributed by atoms with E-state index in [1.165, 1.54) is 37.7 Å². The molecule has 0 radical (unpaired) electrons. The van der Waals surface area contributed by atoms with Crippen molar-refractivity contribution in [3.05, 3.63) is 35.6 Å². The van der Waals surface area contributed by atoms with Gasteiger partial charge >= 0.3 is 0 Å². The quantitative estimate of drug-likeness (QED) is 0.795. The molecule has 0 spiro atoms. The van der Waals surface area contributed by atoms with Crippen molar-refractivity contribution < 1.29 is 4.39 Å². The third-order valence-corrected chi connectivity index (χ3v) is 4.08. The van der Waals surface area contributed by atoms with Crippen LogP contribution >= 0.6 is 0 Å². The van der Waals surface area contributed by atoms with E-state index in [1.807, 2.05) is 12.1 Å². The molecule has 1 N–H and O–H groups in total. The van der Waals surface area contributed by atoms with Crippen molar-refractivity contribution >= 4 is 0 Å². The molecule has 0 heterocycles. The zero-order chi connectivity index (χ0) is 13.0. The van der Waals surface area contributed by atoms with Gasteiger partial charge in [-0.1, -0.05) is 32.4 Å². The van der Waals surface area contributed by atoms with Gasteiger partial charge in [-0.05, 0) is 49.3 Å². The lowest BCUT2D eigenvalue weighted by molar-refractivity contribution is 0.255. The van der Waals surface area contributed by atoms with Gasteiger partial charge in [0, 0.05) is 12.1 Å². The molecule has 0 bridgehead atoms. The predicted octanol–water partition coefficient (Wildman–Crippen LogP) is 4.24. The first-order chi connectivity index (χ1) is 8.72. The number of hydrogen-bond donors (Lipinski definition) is 1. The zero-order valence-electron chi connectivity index (χ0n) is 11.5. The van der Waals surface area contributed by atoms with Crippen LogP contribution in [0.15, 0.2) is 24.3 Å². The second-order valence-corrected chi connectivity index (χ2v) is 5.48. The Morgan fingerprint density at radius 2 is 1.89 bits per heavy atom. The van der Waals surface area contributed by atoms with Gasteiger partial charge in [-0.2, -0.15) is 0 Å². The maximum atomic E-state index is 12.8. The fraction of sp³-hybridized carbons (Fsp3) is 0.625. The highest BCUT2D eigenvalue weighted by Gasteiger charge is 2.31. The molecule has 1 saturated carbocycles. The first-order valence-corrected chi connectivity index (χ1v) is 7.24. The molecule has 100 valence electrons. The Labute approximate surface area is 110 Å². The molecule has 1 aliphatic carbocycles. The van der Waals surface area contributed by atoms with E-state index in [4.69, 9.17) is 0 Å². The fourth-order valence-corrected chi connectivity index (χ4v) is 2.85. The van der Waals surface area contributed by atoms with E-state index in [1.54, 1.807) is 12.1 Å². The SMILES string of the molecule is CCCC(CC)NC1CC(c2ccc(F)cc2)C1. The fourth-order valence-electron chi connectivity index (χ4n) is 2.85. The van der Waals surface area contributed by atoms with Crippen LogP contribution in [0, 0.1) is 5.82 Å². The first-order valence-electron chi connectivity index (χ1n) is 7.24. The lowest BCUT2D eigenvalue weighted by Crippen LogP contribution is -2.45. The van der Waals surface area contributed by atoms with Gasteiger partial charge in [0.15, 0.2) is 0 Å². The van der Waals surface area contributed by atoms with Crippen molar-refractivity contribution in [2.24, 2.45) is 0 Å². The van der Waals surface area contributed by atoms with E-state index in [9.17, 15) is 4.39 Å². The molecule has 1 fully saturated rings. The molecule has 0 amide bonds. The largest absolute Gasteiger partial charge is 0.311 e. The molecule has 1 aromatic rings. The van der Waals surface area contributed by atoms with Gasteiger partial charge in [0.25, 0.3) is 0 Å². The number of rotatable bonds is 6.